The molecule has 0 atom stereocenters. The minimum absolute atomic E-state index is 0.0329. The van der Waals surface area contributed by atoms with Crippen molar-refractivity contribution in [1.29, 1.82) is 0 Å². The van der Waals surface area contributed by atoms with E-state index in [0.717, 1.165) is 0 Å². The van der Waals surface area contributed by atoms with Gasteiger partial charge in [-0.2, -0.15) is 13.8 Å². The number of para-hydroxylation sites is 1. The smallest absolute Gasteiger partial charge is 0.387 e. The van der Waals surface area contributed by atoms with Crippen LogP contribution < -0.4 is 4.74 Å². The Hall–Kier alpha value is -3.40. The summed E-state index contributed by atoms with van der Waals surface area (Å²) in [5.41, 5.74) is 1.13. The molecule has 1 aromatic heterocycles. The topological polar surface area (TPSA) is 71.7 Å². The van der Waals surface area contributed by atoms with E-state index >= 15 is 0 Å². The van der Waals surface area contributed by atoms with Crippen LogP contribution in [0.4, 0.5) is 13.2 Å². The van der Waals surface area contributed by atoms with Gasteiger partial charge in [-0.3, -0.25) is 9.69 Å². The zero-order valence-electron chi connectivity index (χ0n) is 17.3. The SMILES string of the molecule is Cc1ccc(C(=O)N2CCN(Cc3nc(-c4ccccc4OC(F)F)no3)CC2)cc1F. The molecule has 0 N–H and O–H groups in total. The zero-order chi connectivity index (χ0) is 22.7. The largest absolute Gasteiger partial charge is 0.434 e. The van der Waals surface area contributed by atoms with Crippen molar-refractivity contribution in [2.24, 2.45) is 0 Å². The number of amides is 1. The highest BCUT2D eigenvalue weighted by Crippen LogP contribution is 2.29. The molecule has 168 valence electrons. The number of hydrogen-bond acceptors (Lipinski definition) is 6. The molecule has 1 amide bonds. The number of alkyl halides is 2. The van der Waals surface area contributed by atoms with Crippen molar-refractivity contribution in [1.82, 2.24) is 19.9 Å². The lowest BCUT2D eigenvalue weighted by Gasteiger charge is -2.34. The molecular formula is C22H21F3N4O3. The Morgan fingerprint density at radius 3 is 2.62 bits per heavy atom. The first-order chi connectivity index (χ1) is 15.4. The fourth-order valence-corrected chi connectivity index (χ4v) is 3.49. The van der Waals surface area contributed by atoms with E-state index in [9.17, 15) is 18.0 Å². The minimum atomic E-state index is -2.96. The first kappa shape index (κ1) is 21.8. The summed E-state index contributed by atoms with van der Waals surface area (Å²) in [7, 11) is 0. The van der Waals surface area contributed by atoms with Gasteiger partial charge in [0.05, 0.1) is 12.1 Å². The first-order valence-electron chi connectivity index (χ1n) is 10.1. The lowest BCUT2D eigenvalue weighted by molar-refractivity contribution is -0.0494. The molecule has 4 rings (SSSR count). The van der Waals surface area contributed by atoms with Crippen LogP contribution in [0.3, 0.4) is 0 Å². The molecule has 0 bridgehead atoms. The van der Waals surface area contributed by atoms with Crippen LogP contribution in [0, 0.1) is 12.7 Å². The molecule has 0 spiro atoms. The zero-order valence-corrected chi connectivity index (χ0v) is 17.3. The van der Waals surface area contributed by atoms with Gasteiger partial charge in [-0.15, -0.1) is 0 Å². The third kappa shape index (κ3) is 4.91. The molecule has 0 aliphatic carbocycles. The molecule has 1 fully saturated rings. The summed E-state index contributed by atoms with van der Waals surface area (Å²) in [6, 6.07) is 10.7. The van der Waals surface area contributed by atoms with Crippen LogP contribution in [0.15, 0.2) is 47.0 Å². The highest BCUT2D eigenvalue weighted by molar-refractivity contribution is 5.94. The van der Waals surface area contributed by atoms with Crippen molar-refractivity contribution in [2.75, 3.05) is 26.2 Å². The molecule has 0 radical (unpaired) electrons. The van der Waals surface area contributed by atoms with Gasteiger partial charge >= 0.3 is 6.61 Å². The Labute approximate surface area is 182 Å². The first-order valence-corrected chi connectivity index (χ1v) is 10.1. The third-order valence-corrected chi connectivity index (χ3v) is 5.25. The fraction of sp³-hybridized carbons (Fsp3) is 0.318. The normalized spacial score (nSPS) is 14.7. The van der Waals surface area contributed by atoms with E-state index in [-0.39, 0.29) is 17.5 Å². The number of nitrogens with zero attached hydrogens (tertiary/aromatic N) is 4. The number of halogens is 3. The number of hydrogen-bond donors (Lipinski definition) is 0. The van der Waals surface area contributed by atoms with Gasteiger partial charge < -0.3 is 14.2 Å². The summed E-state index contributed by atoms with van der Waals surface area (Å²) in [6.45, 7) is 1.13. The molecule has 10 heteroatoms. The van der Waals surface area contributed by atoms with E-state index in [1.165, 1.54) is 12.1 Å². The molecule has 0 saturated carbocycles. The second-order valence-electron chi connectivity index (χ2n) is 7.42. The maximum Gasteiger partial charge on any atom is 0.387 e. The van der Waals surface area contributed by atoms with Gasteiger partial charge in [-0.05, 0) is 36.8 Å². The van der Waals surface area contributed by atoms with Crippen LogP contribution in [-0.2, 0) is 6.54 Å². The van der Waals surface area contributed by atoms with Crippen molar-refractivity contribution in [3.63, 3.8) is 0 Å². The molecule has 32 heavy (non-hydrogen) atoms. The Bertz CT molecular complexity index is 1100. The molecule has 1 aliphatic heterocycles. The molecule has 2 heterocycles. The van der Waals surface area contributed by atoms with Crippen molar-refractivity contribution >= 4 is 5.91 Å². The maximum atomic E-state index is 13.8. The lowest BCUT2D eigenvalue weighted by atomic mass is 10.1. The van der Waals surface area contributed by atoms with E-state index in [2.05, 4.69) is 14.9 Å². The second-order valence-corrected chi connectivity index (χ2v) is 7.42. The van der Waals surface area contributed by atoms with Gasteiger partial charge in [0.15, 0.2) is 0 Å². The highest BCUT2D eigenvalue weighted by Gasteiger charge is 2.24. The van der Waals surface area contributed by atoms with Crippen LogP contribution in [0.25, 0.3) is 11.4 Å². The number of rotatable bonds is 6. The molecule has 2 aromatic carbocycles. The maximum absolute atomic E-state index is 13.8. The summed E-state index contributed by atoms with van der Waals surface area (Å²) in [5, 5.41) is 3.88. The van der Waals surface area contributed by atoms with Gasteiger partial charge in [0, 0.05) is 31.7 Å². The third-order valence-electron chi connectivity index (χ3n) is 5.25. The summed E-state index contributed by atoms with van der Waals surface area (Å²) in [4.78, 5) is 20.6. The predicted molar refractivity (Wildman–Crippen MR) is 109 cm³/mol. The molecule has 3 aromatic rings. The van der Waals surface area contributed by atoms with Crippen LogP contribution in [-0.4, -0.2) is 58.6 Å². The highest BCUT2D eigenvalue weighted by atomic mass is 19.3. The van der Waals surface area contributed by atoms with Gasteiger partial charge in [0.25, 0.3) is 5.91 Å². The second kappa shape index (κ2) is 9.39. The van der Waals surface area contributed by atoms with E-state index < -0.39 is 12.4 Å². The molecule has 1 aliphatic rings. The monoisotopic (exact) mass is 446 g/mol. The number of ether oxygens (including phenoxy) is 1. The van der Waals surface area contributed by atoms with Gasteiger partial charge in [0.2, 0.25) is 11.7 Å². The summed E-state index contributed by atoms with van der Waals surface area (Å²) in [5.74, 6) is -0.158. The predicted octanol–water partition coefficient (Wildman–Crippen LogP) is 3.74. The van der Waals surface area contributed by atoms with Gasteiger partial charge in [-0.25, -0.2) is 4.39 Å². The van der Waals surface area contributed by atoms with E-state index in [0.29, 0.717) is 55.3 Å². The molecule has 1 saturated heterocycles. The van der Waals surface area contributed by atoms with E-state index in [1.54, 1.807) is 42.2 Å². The number of carbonyl (C=O) groups is 1. The van der Waals surface area contributed by atoms with Crippen LogP contribution >= 0.6 is 0 Å². The number of aryl methyl sites for hydroxylation is 1. The summed E-state index contributed by atoms with van der Waals surface area (Å²) in [6.07, 6.45) is 0. The standard InChI is InChI=1S/C22H21F3N4O3/c1-14-6-7-15(12-17(14)23)21(30)29-10-8-28(9-11-29)13-19-26-20(27-32-19)16-4-2-3-5-18(16)31-22(24)25/h2-7,12,22H,8-11,13H2,1H3. The Balaban J connectivity index is 1.36. The summed E-state index contributed by atoms with van der Waals surface area (Å²) < 4.78 is 48.8. The number of benzene rings is 2. The number of carbonyl (C=O) groups excluding carboxylic acids is 1. The average Bonchev–Trinajstić information content (AvgIpc) is 3.24. The Morgan fingerprint density at radius 1 is 1.16 bits per heavy atom. The Kier molecular flexibility index (Phi) is 6.40. The number of piperazine rings is 1. The van der Waals surface area contributed by atoms with Gasteiger partial charge in [-0.1, -0.05) is 23.4 Å². The average molecular weight is 446 g/mol. The van der Waals surface area contributed by atoms with Crippen LogP contribution in [0.2, 0.25) is 0 Å². The lowest BCUT2D eigenvalue weighted by Crippen LogP contribution is -2.48. The van der Waals surface area contributed by atoms with Crippen LogP contribution in [0.5, 0.6) is 5.75 Å². The number of aromatic nitrogens is 2. The Morgan fingerprint density at radius 2 is 1.91 bits per heavy atom. The molecule has 7 nitrogen and oxygen atoms in total. The van der Waals surface area contributed by atoms with Crippen molar-refractivity contribution in [2.45, 2.75) is 20.1 Å². The van der Waals surface area contributed by atoms with Gasteiger partial charge in [0.1, 0.15) is 11.6 Å². The molecule has 0 unspecified atom stereocenters. The van der Waals surface area contributed by atoms with E-state index in [1.807, 2.05) is 4.90 Å². The fourth-order valence-electron chi connectivity index (χ4n) is 3.49. The molecular weight excluding hydrogens is 425 g/mol. The van der Waals surface area contributed by atoms with Crippen molar-refractivity contribution < 1.29 is 27.2 Å². The van der Waals surface area contributed by atoms with E-state index in [4.69, 9.17) is 4.52 Å². The van der Waals surface area contributed by atoms with Crippen molar-refractivity contribution in [3.05, 3.63) is 65.3 Å². The minimum Gasteiger partial charge on any atom is -0.434 e. The van der Waals surface area contributed by atoms with Crippen molar-refractivity contribution in [3.8, 4) is 17.1 Å². The van der Waals surface area contributed by atoms with Crippen LogP contribution in [0.1, 0.15) is 21.8 Å². The summed E-state index contributed by atoms with van der Waals surface area (Å²) >= 11 is 0. The quantitative estimate of drug-likeness (QED) is 0.575.